The summed E-state index contributed by atoms with van der Waals surface area (Å²) >= 11 is 1.62. The van der Waals surface area contributed by atoms with Crippen LogP contribution in [0.15, 0.2) is 11.4 Å². The van der Waals surface area contributed by atoms with Crippen LogP contribution in [0.2, 0.25) is 0 Å². The minimum absolute atomic E-state index is 0.110. The molecule has 0 bridgehead atoms. The molecule has 1 aliphatic rings. The van der Waals surface area contributed by atoms with Crippen molar-refractivity contribution in [2.45, 2.75) is 32.4 Å². The summed E-state index contributed by atoms with van der Waals surface area (Å²) in [4.78, 5) is 25.7. The van der Waals surface area contributed by atoms with Gasteiger partial charge in [-0.2, -0.15) is 0 Å². The molecule has 1 aliphatic heterocycles. The highest BCUT2D eigenvalue weighted by atomic mass is 32.1. The Labute approximate surface area is 116 Å². The molecule has 0 saturated carbocycles. The summed E-state index contributed by atoms with van der Waals surface area (Å²) in [6.45, 7) is 3.39. The predicted octanol–water partition coefficient (Wildman–Crippen LogP) is 1.22. The van der Waals surface area contributed by atoms with Gasteiger partial charge in [0.05, 0.1) is 13.1 Å². The van der Waals surface area contributed by atoms with Gasteiger partial charge in [-0.05, 0) is 43.3 Å². The topological polar surface area (TPSA) is 69.6 Å². The number of carbonyl (C=O) groups is 2. The van der Waals surface area contributed by atoms with E-state index in [1.165, 1.54) is 5.56 Å². The molecule has 0 radical (unpaired) electrons. The molecule has 2 rings (SSSR count). The van der Waals surface area contributed by atoms with Crippen molar-refractivity contribution in [3.8, 4) is 0 Å². The Morgan fingerprint density at radius 1 is 1.58 bits per heavy atom. The van der Waals surface area contributed by atoms with Crippen LogP contribution in [0.3, 0.4) is 0 Å². The molecule has 1 atom stereocenters. The van der Waals surface area contributed by atoms with Crippen molar-refractivity contribution in [2.75, 3.05) is 13.1 Å². The number of carbonyl (C=O) groups excluding carboxylic acids is 1. The molecule has 1 aromatic heterocycles. The number of nitrogens with one attached hydrogen (secondary N) is 1. The number of hydrogen-bond donors (Lipinski definition) is 2. The van der Waals surface area contributed by atoms with Crippen LogP contribution in [0.5, 0.6) is 0 Å². The number of hydrogen-bond acceptors (Lipinski definition) is 4. The highest BCUT2D eigenvalue weighted by Crippen LogP contribution is 2.17. The molecule has 0 unspecified atom stereocenters. The summed E-state index contributed by atoms with van der Waals surface area (Å²) in [5, 5.41) is 13.9. The van der Waals surface area contributed by atoms with Gasteiger partial charge in [-0.3, -0.25) is 14.5 Å². The zero-order valence-electron chi connectivity index (χ0n) is 10.9. The second kappa shape index (κ2) is 6.16. The molecular formula is C13H18N2O3S. The van der Waals surface area contributed by atoms with Gasteiger partial charge < -0.3 is 10.4 Å². The number of rotatable bonds is 5. The summed E-state index contributed by atoms with van der Waals surface area (Å²) in [5.74, 6) is -0.944. The van der Waals surface area contributed by atoms with Gasteiger partial charge in [0.15, 0.2) is 0 Å². The van der Waals surface area contributed by atoms with Crippen LogP contribution in [0.25, 0.3) is 0 Å². The molecule has 6 heteroatoms. The van der Waals surface area contributed by atoms with E-state index in [9.17, 15) is 9.59 Å². The van der Waals surface area contributed by atoms with E-state index in [0.29, 0.717) is 19.5 Å². The quantitative estimate of drug-likeness (QED) is 0.852. The molecule has 5 nitrogen and oxygen atoms in total. The first kappa shape index (κ1) is 14.0. The molecule has 0 aliphatic carbocycles. The Morgan fingerprint density at radius 2 is 2.37 bits per heavy atom. The molecular weight excluding hydrogens is 264 g/mol. The molecule has 2 N–H and O–H groups in total. The Bertz CT molecular complexity index is 472. The largest absolute Gasteiger partial charge is 0.480 e. The Kier molecular flexibility index (Phi) is 4.55. The standard InChI is InChI=1S/C13H18N2O3S/c1-9-4-6-19-11(9)7-14-12(16)8-15-5-2-3-10(15)13(17)18/h4,6,10H,2-3,5,7-8H2,1H3,(H,14,16)(H,17,18)/t10-/m0/s1. The molecule has 104 valence electrons. The third-order valence-corrected chi connectivity index (χ3v) is 4.43. The molecule has 0 aromatic carbocycles. The van der Waals surface area contributed by atoms with E-state index >= 15 is 0 Å². The number of carboxylic acids is 1. The fraction of sp³-hybridized carbons (Fsp3) is 0.538. The first-order chi connectivity index (χ1) is 9.08. The fourth-order valence-corrected chi connectivity index (χ4v) is 3.15. The molecule has 1 aromatic rings. The van der Waals surface area contributed by atoms with Crippen LogP contribution in [-0.4, -0.2) is 41.0 Å². The van der Waals surface area contributed by atoms with E-state index in [1.807, 2.05) is 18.4 Å². The van der Waals surface area contributed by atoms with E-state index in [4.69, 9.17) is 5.11 Å². The van der Waals surface area contributed by atoms with Crippen LogP contribution in [0, 0.1) is 6.92 Å². The lowest BCUT2D eigenvalue weighted by Crippen LogP contribution is -2.42. The predicted molar refractivity (Wildman–Crippen MR) is 73.1 cm³/mol. The van der Waals surface area contributed by atoms with Crippen molar-refractivity contribution >= 4 is 23.2 Å². The van der Waals surface area contributed by atoms with Gasteiger partial charge >= 0.3 is 5.97 Å². The van der Waals surface area contributed by atoms with Crippen LogP contribution in [0.1, 0.15) is 23.3 Å². The highest BCUT2D eigenvalue weighted by molar-refractivity contribution is 7.10. The third-order valence-electron chi connectivity index (χ3n) is 3.41. The van der Waals surface area contributed by atoms with Crippen LogP contribution < -0.4 is 5.32 Å². The van der Waals surface area contributed by atoms with Gasteiger partial charge in [0.2, 0.25) is 5.91 Å². The molecule has 1 fully saturated rings. The zero-order chi connectivity index (χ0) is 13.8. The Morgan fingerprint density at radius 3 is 3.00 bits per heavy atom. The van der Waals surface area contributed by atoms with Gasteiger partial charge in [-0.15, -0.1) is 11.3 Å². The number of likely N-dealkylation sites (tertiary alicyclic amines) is 1. The van der Waals surface area contributed by atoms with Crippen molar-refractivity contribution < 1.29 is 14.7 Å². The summed E-state index contributed by atoms with van der Waals surface area (Å²) < 4.78 is 0. The number of aryl methyl sites for hydroxylation is 1. The number of carboxylic acid groups (broad SMARTS) is 1. The number of nitrogens with zero attached hydrogens (tertiary/aromatic N) is 1. The lowest BCUT2D eigenvalue weighted by atomic mass is 10.2. The van der Waals surface area contributed by atoms with Gasteiger partial charge in [-0.1, -0.05) is 0 Å². The van der Waals surface area contributed by atoms with E-state index in [0.717, 1.165) is 11.3 Å². The summed E-state index contributed by atoms with van der Waals surface area (Å²) in [6, 6.07) is 1.52. The summed E-state index contributed by atoms with van der Waals surface area (Å²) in [7, 11) is 0. The van der Waals surface area contributed by atoms with E-state index in [1.54, 1.807) is 16.2 Å². The van der Waals surface area contributed by atoms with Crippen molar-refractivity contribution in [1.82, 2.24) is 10.2 Å². The monoisotopic (exact) mass is 282 g/mol. The van der Waals surface area contributed by atoms with E-state index < -0.39 is 12.0 Å². The second-order valence-corrected chi connectivity index (χ2v) is 5.77. The molecule has 1 amide bonds. The SMILES string of the molecule is Cc1ccsc1CNC(=O)CN1CCC[C@H]1C(=O)O. The van der Waals surface area contributed by atoms with E-state index in [2.05, 4.69) is 5.32 Å². The first-order valence-electron chi connectivity index (χ1n) is 6.34. The van der Waals surface area contributed by atoms with Crippen LogP contribution >= 0.6 is 11.3 Å². The smallest absolute Gasteiger partial charge is 0.320 e. The van der Waals surface area contributed by atoms with Gasteiger partial charge in [0.25, 0.3) is 0 Å². The zero-order valence-corrected chi connectivity index (χ0v) is 11.7. The number of amides is 1. The lowest BCUT2D eigenvalue weighted by molar-refractivity contribution is -0.142. The first-order valence-corrected chi connectivity index (χ1v) is 7.22. The summed E-state index contributed by atoms with van der Waals surface area (Å²) in [5.41, 5.74) is 1.18. The molecule has 2 heterocycles. The Hall–Kier alpha value is -1.40. The lowest BCUT2D eigenvalue weighted by Gasteiger charge is -2.20. The molecule has 0 spiro atoms. The maximum Gasteiger partial charge on any atom is 0.320 e. The van der Waals surface area contributed by atoms with Crippen LogP contribution in [0.4, 0.5) is 0 Å². The number of thiophene rings is 1. The minimum Gasteiger partial charge on any atom is -0.480 e. The normalized spacial score (nSPS) is 19.5. The molecule has 19 heavy (non-hydrogen) atoms. The van der Waals surface area contributed by atoms with Crippen molar-refractivity contribution in [3.63, 3.8) is 0 Å². The van der Waals surface area contributed by atoms with Gasteiger partial charge in [0.1, 0.15) is 6.04 Å². The van der Waals surface area contributed by atoms with Crippen molar-refractivity contribution in [3.05, 3.63) is 21.9 Å². The van der Waals surface area contributed by atoms with Gasteiger partial charge in [-0.25, -0.2) is 0 Å². The third kappa shape index (κ3) is 3.54. The maximum atomic E-state index is 11.8. The fourth-order valence-electron chi connectivity index (χ4n) is 2.30. The second-order valence-electron chi connectivity index (χ2n) is 4.77. The van der Waals surface area contributed by atoms with Crippen molar-refractivity contribution in [1.29, 1.82) is 0 Å². The Balaban J connectivity index is 1.81. The molecule has 1 saturated heterocycles. The highest BCUT2D eigenvalue weighted by Gasteiger charge is 2.31. The van der Waals surface area contributed by atoms with E-state index in [-0.39, 0.29) is 12.5 Å². The minimum atomic E-state index is -0.834. The average Bonchev–Trinajstić information content (AvgIpc) is 2.95. The van der Waals surface area contributed by atoms with Crippen LogP contribution in [-0.2, 0) is 16.1 Å². The average molecular weight is 282 g/mol. The van der Waals surface area contributed by atoms with Crippen molar-refractivity contribution in [2.24, 2.45) is 0 Å². The van der Waals surface area contributed by atoms with Gasteiger partial charge in [0, 0.05) is 4.88 Å². The number of aliphatic carboxylic acids is 1. The maximum absolute atomic E-state index is 11.8. The summed E-state index contributed by atoms with van der Waals surface area (Å²) in [6.07, 6.45) is 1.47.